The maximum atomic E-state index is 5.80. The van der Waals surface area contributed by atoms with Crippen LogP contribution >= 0.6 is 0 Å². The van der Waals surface area contributed by atoms with E-state index in [4.69, 9.17) is 7.85 Å². The fourth-order valence-electron chi connectivity index (χ4n) is 2.45. The normalized spacial score (nSPS) is 44.6. The van der Waals surface area contributed by atoms with Crippen LogP contribution in [0.1, 0.15) is 40.0 Å². The van der Waals surface area contributed by atoms with Crippen molar-refractivity contribution in [2.45, 2.75) is 46.4 Å². The third kappa shape index (κ3) is 1.63. The van der Waals surface area contributed by atoms with Gasteiger partial charge in [-0.05, 0) is 30.1 Å². The van der Waals surface area contributed by atoms with Crippen LogP contribution in [0.5, 0.6) is 0 Å². The molecule has 0 amide bonds. The molecule has 0 aromatic carbocycles. The van der Waals surface area contributed by atoms with Crippen LogP contribution in [0.4, 0.5) is 0 Å². The van der Waals surface area contributed by atoms with Crippen molar-refractivity contribution in [3.63, 3.8) is 0 Å². The summed E-state index contributed by atoms with van der Waals surface area (Å²) >= 11 is 0. The van der Waals surface area contributed by atoms with Crippen LogP contribution in [-0.2, 0) is 0 Å². The lowest BCUT2D eigenvalue weighted by Gasteiger charge is -2.26. The van der Waals surface area contributed by atoms with Crippen molar-refractivity contribution in [1.29, 1.82) is 0 Å². The maximum Gasteiger partial charge on any atom is 0.0660 e. The molecule has 0 saturated heterocycles. The van der Waals surface area contributed by atoms with Crippen LogP contribution in [0.3, 0.4) is 0 Å². The first-order chi connectivity index (χ1) is 5.13. The lowest BCUT2D eigenvalue weighted by atomic mass is 9.72. The second-order valence-corrected chi connectivity index (χ2v) is 4.42. The molecule has 1 aliphatic carbocycles. The Morgan fingerprint density at radius 1 is 1.27 bits per heavy atom. The quantitative estimate of drug-likeness (QED) is 0.530. The van der Waals surface area contributed by atoms with Gasteiger partial charge in [0.25, 0.3) is 0 Å². The minimum absolute atomic E-state index is 0.499. The molecule has 62 valence electrons. The predicted octanol–water partition coefficient (Wildman–Crippen LogP) is 3.04. The first kappa shape index (κ1) is 9.16. The summed E-state index contributed by atoms with van der Waals surface area (Å²) in [4.78, 5) is 0. The molecule has 0 nitrogen and oxygen atoms in total. The summed E-state index contributed by atoms with van der Waals surface area (Å²) in [5, 5.41) is 0. The van der Waals surface area contributed by atoms with Gasteiger partial charge in [0, 0.05) is 0 Å². The van der Waals surface area contributed by atoms with Crippen LogP contribution in [0.15, 0.2) is 0 Å². The molecular weight excluding hydrogens is 131 g/mol. The van der Waals surface area contributed by atoms with E-state index in [9.17, 15) is 0 Å². The zero-order chi connectivity index (χ0) is 8.48. The Bertz CT molecular complexity index is 115. The molecular formula is C10H19B. The Balaban J connectivity index is 2.61. The molecule has 11 heavy (non-hydrogen) atoms. The van der Waals surface area contributed by atoms with Gasteiger partial charge in [0.1, 0.15) is 0 Å². The van der Waals surface area contributed by atoms with Crippen molar-refractivity contribution >= 4 is 7.85 Å². The fraction of sp³-hybridized carbons (Fsp3) is 1.00. The summed E-state index contributed by atoms with van der Waals surface area (Å²) in [6, 6.07) is 0. The molecule has 0 N–H and O–H groups in total. The van der Waals surface area contributed by atoms with Gasteiger partial charge in [0.15, 0.2) is 0 Å². The molecule has 3 atom stereocenters. The van der Waals surface area contributed by atoms with E-state index in [2.05, 4.69) is 20.8 Å². The molecule has 1 saturated carbocycles. The van der Waals surface area contributed by atoms with Gasteiger partial charge in [-0.25, -0.2) is 0 Å². The standard InChI is InChI=1S/C10H19B/c1-4-10(7-11)5-8(2)9(3)6-10/h8-9H,4-7H2,1-3H3/t8-,9?,10?/m0/s1. The van der Waals surface area contributed by atoms with Crippen molar-refractivity contribution in [3.8, 4) is 0 Å². The highest BCUT2D eigenvalue weighted by atomic mass is 14.4. The molecule has 0 spiro atoms. The Kier molecular flexibility index (Phi) is 2.67. The highest BCUT2D eigenvalue weighted by Crippen LogP contribution is 2.49. The van der Waals surface area contributed by atoms with E-state index in [-0.39, 0.29) is 0 Å². The lowest BCUT2D eigenvalue weighted by molar-refractivity contribution is 0.308. The molecule has 1 rings (SSSR count). The van der Waals surface area contributed by atoms with E-state index in [1.807, 2.05) is 0 Å². The zero-order valence-corrected chi connectivity index (χ0v) is 8.06. The molecule has 0 aromatic rings. The number of hydrogen-bond acceptors (Lipinski definition) is 0. The Labute approximate surface area is 72.2 Å². The molecule has 0 bridgehead atoms. The fourth-order valence-corrected chi connectivity index (χ4v) is 2.45. The van der Waals surface area contributed by atoms with E-state index < -0.39 is 0 Å². The summed E-state index contributed by atoms with van der Waals surface area (Å²) in [6.45, 7) is 6.99. The monoisotopic (exact) mass is 150 g/mol. The summed E-state index contributed by atoms with van der Waals surface area (Å²) in [6.07, 6.45) is 4.85. The highest BCUT2D eigenvalue weighted by Gasteiger charge is 2.38. The van der Waals surface area contributed by atoms with Gasteiger partial charge in [-0.2, -0.15) is 0 Å². The van der Waals surface area contributed by atoms with Crippen molar-refractivity contribution in [3.05, 3.63) is 0 Å². The summed E-state index contributed by atoms with van der Waals surface area (Å²) < 4.78 is 0. The van der Waals surface area contributed by atoms with Crippen molar-refractivity contribution < 1.29 is 0 Å². The van der Waals surface area contributed by atoms with Gasteiger partial charge >= 0.3 is 0 Å². The summed E-state index contributed by atoms with van der Waals surface area (Å²) in [5.41, 5.74) is 0.499. The van der Waals surface area contributed by atoms with E-state index >= 15 is 0 Å². The number of hydrogen-bond donors (Lipinski definition) is 0. The largest absolute Gasteiger partial charge is 0.0831 e. The molecule has 1 aliphatic rings. The van der Waals surface area contributed by atoms with Gasteiger partial charge < -0.3 is 0 Å². The van der Waals surface area contributed by atoms with Crippen LogP contribution in [0.25, 0.3) is 0 Å². The van der Waals surface area contributed by atoms with Gasteiger partial charge in [-0.3, -0.25) is 0 Å². The van der Waals surface area contributed by atoms with Crippen molar-refractivity contribution in [1.82, 2.24) is 0 Å². The van der Waals surface area contributed by atoms with Crippen LogP contribution in [0.2, 0.25) is 6.32 Å². The maximum absolute atomic E-state index is 5.80. The zero-order valence-electron chi connectivity index (χ0n) is 8.06. The van der Waals surface area contributed by atoms with Crippen LogP contribution < -0.4 is 0 Å². The summed E-state index contributed by atoms with van der Waals surface area (Å²) in [7, 11) is 5.80. The molecule has 0 aromatic heterocycles. The van der Waals surface area contributed by atoms with E-state index in [0.29, 0.717) is 5.41 Å². The molecule has 0 aliphatic heterocycles. The van der Waals surface area contributed by atoms with Crippen LogP contribution in [-0.4, -0.2) is 7.85 Å². The van der Waals surface area contributed by atoms with Crippen molar-refractivity contribution in [2.75, 3.05) is 0 Å². The molecule has 2 radical (unpaired) electrons. The minimum Gasteiger partial charge on any atom is -0.0831 e. The van der Waals surface area contributed by atoms with Gasteiger partial charge in [0.05, 0.1) is 7.85 Å². The Hall–Kier alpha value is 0.0649. The minimum atomic E-state index is 0.499. The van der Waals surface area contributed by atoms with Gasteiger partial charge in [0.2, 0.25) is 0 Å². The predicted molar refractivity (Wildman–Crippen MR) is 50.8 cm³/mol. The molecule has 1 heteroatoms. The summed E-state index contributed by atoms with van der Waals surface area (Å²) in [5.74, 6) is 1.77. The average molecular weight is 150 g/mol. The van der Waals surface area contributed by atoms with Crippen molar-refractivity contribution in [2.24, 2.45) is 17.3 Å². The van der Waals surface area contributed by atoms with E-state index in [1.54, 1.807) is 0 Å². The average Bonchev–Trinajstić information content (AvgIpc) is 2.29. The first-order valence-electron chi connectivity index (χ1n) is 4.83. The third-order valence-corrected chi connectivity index (χ3v) is 3.66. The van der Waals surface area contributed by atoms with E-state index in [1.165, 1.54) is 19.3 Å². The number of rotatable bonds is 2. The third-order valence-electron chi connectivity index (χ3n) is 3.66. The second-order valence-electron chi connectivity index (χ2n) is 4.42. The SMILES string of the molecule is [B]CC1(CC)CC(C)[C@@H](C)C1. The first-order valence-corrected chi connectivity index (χ1v) is 4.83. The smallest absolute Gasteiger partial charge is 0.0660 e. The Morgan fingerprint density at radius 2 is 1.73 bits per heavy atom. The molecule has 1 fully saturated rings. The topological polar surface area (TPSA) is 0 Å². The Morgan fingerprint density at radius 3 is 1.91 bits per heavy atom. The second kappa shape index (κ2) is 3.20. The highest BCUT2D eigenvalue weighted by molar-refractivity contribution is 6.09. The van der Waals surface area contributed by atoms with Gasteiger partial charge in [-0.15, -0.1) is 0 Å². The molecule has 0 heterocycles. The van der Waals surface area contributed by atoms with Gasteiger partial charge in [-0.1, -0.05) is 33.5 Å². The lowest BCUT2D eigenvalue weighted by Crippen LogP contribution is -2.14. The van der Waals surface area contributed by atoms with Crippen LogP contribution in [0, 0.1) is 17.3 Å². The van der Waals surface area contributed by atoms with E-state index in [0.717, 1.165) is 18.2 Å². The molecule has 2 unspecified atom stereocenters.